The lowest BCUT2D eigenvalue weighted by Crippen LogP contribution is -2.42. The van der Waals surface area contributed by atoms with Crippen molar-refractivity contribution in [3.05, 3.63) is 0 Å². The summed E-state index contributed by atoms with van der Waals surface area (Å²) in [6, 6.07) is 0.779. The number of piperidine rings is 1. The number of nitrogens with one attached hydrogen (secondary N) is 1. The average molecular weight is 184 g/mol. The molecule has 0 spiro atoms. The van der Waals surface area contributed by atoms with Crippen molar-refractivity contribution in [1.82, 2.24) is 10.2 Å². The van der Waals surface area contributed by atoms with Crippen LogP contribution in [-0.2, 0) is 0 Å². The predicted molar refractivity (Wildman–Crippen MR) is 58.0 cm³/mol. The number of hydrogen-bond acceptors (Lipinski definition) is 2. The Kier molecular flexibility index (Phi) is 4.74. The van der Waals surface area contributed by atoms with Gasteiger partial charge in [-0.25, -0.2) is 0 Å². The van der Waals surface area contributed by atoms with E-state index in [1.165, 1.54) is 38.8 Å². The minimum atomic E-state index is 0.779. The van der Waals surface area contributed by atoms with Crippen molar-refractivity contribution in [2.24, 2.45) is 5.92 Å². The first-order chi connectivity index (χ1) is 6.24. The highest BCUT2D eigenvalue weighted by atomic mass is 15.1. The highest BCUT2D eigenvalue weighted by molar-refractivity contribution is 4.80. The molecular weight excluding hydrogens is 160 g/mol. The molecular formula is C11H24N2. The van der Waals surface area contributed by atoms with Gasteiger partial charge in [0.1, 0.15) is 0 Å². The SMILES string of the molecule is CCC1CCCNC1CCN(C)C. The van der Waals surface area contributed by atoms with Gasteiger partial charge in [0.25, 0.3) is 0 Å². The third kappa shape index (κ3) is 3.65. The van der Waals surface area contributed by atoms with Crippen LogP contribution in [0, 0.1) is 5.92 Å². The van der Waals surface area contributed by atoms with Crippen LogP contribution in [0.15, 0.2) is 0 Å². The summed E-state index contributed by atoms with van der Waals surface area (Å²) in [6.07, 6.45) is 5.45. The minimum absolute atomic E-state index is 0.779. The predicted octanol–water partition coefficient (Wildman–Crippen LogP) is 1.72. The second-order valence-electron chi connectivity index (χ2n) is 4.46. The summed E-state index contributed by atoms with van der Waals surface area (Å²) in [5.41, 5.74) is 0. The van der Waals surface area contributed by atoms with Crippen molar-refractivity contribution < 1.29 is 0 Å². The highest BCUT2D eigenvalue weighted by Gasteiger charge is 2.22. The van der Waals surface area contributed by atoms with Gasteiger partial charge in [-0.2, -0.15) is 0 Å². The quantitative estimate of drug-likeness (QED) is 0.715. The van der Waals surface area contributed by atoms with Crippen LogP contribution in [0.2, 0.25) is 0 Å². The zero-order valence-corrected chi connectivity index (χ0v) is 9.34. The second-order valence-corrected chi connectivity index (χ2v) is 4.46. The molecule has 1 rings (SSSR count). The molecule has 0 aromatic rings. The van der Waals surface area contributed by atoms with Gasteiger partial charge in [0.15, 0.2) is 0 Å². The number of rotatable bonds is 4. The van der Waals surface area contributed by atoms with Crippen LogP contribution in [-0.4, -0.2) is 38.1 Å². The summed E-state index contributed by atoms with van der Waals surface area (Å²) < 4.78 is 0. The Bertz CT molecular complexity index is 134. The van der Waals surface area contributed by atoms with Gasteiger partial charge in [0.05, 0.1) is 0 Å². The minimum Gasteiger partial charge on any atom is -0.314 e. The van der Waals surface area contributed by atoms with E-state index in [2.05, 4.69) is 31.2 Å². The molecule has 2 atom stereocenters. The molecule has 0 aliphatic carbocycles. The van der Waals surface area contributed by atoms with E-state index >= 15 is 0 Å². The van der Waals surface area contributed by atoms with Gasteiger partial charge in [-0.15, -0.1) is 0 Å². The maximum atomic E-state index is 3.65. The van der Waals surface area contributed by atoms with Crippen molar-refractivity contribution >= 4 is 0 Å². The molecule has 1 saturated heterocycles. The fraction of sp³-hybridized carbons (Fsp3) is 1.00. The van der Waals surface area contributed by atoms with Crippen LogP contribution < -0.4 is 5.32 Å². The standard InChI is InChI=1S/C11H24N2/c1-4-10-6-5-8-12-11(10)7-9-13(2)3/h10-12H,4-9H2,1-3H3. The summed E-state index contributed by atoms with van der Waals surface area (Å²) >= 11 is 0. The number of nitrogens with zero attached hydrogens (tertiary/aromatic N) is 1. The molecule has 0 radical (unpaired) electrons. The smallest absolute Gasteiger partial charge is 0.0107 e. The highest BCUT2D eigenvalue weighted by Crippen LogP contribution is 2.21. The van der Waals surface area contributed by atoms with Crippen molar-refractivity contribution in [1.29, 1.82) is 0 Å². The van der Waals surface area contributed by atoms with E-state index in [0.29, 0.717) is 0 Å². The third-order valence-electron chi connectivity index (χ3n) is 3.14. The molecule has 0 bridgehead atoms. The summed E-state index contributed by atoms with van der Waals surface area (Å²) in [6.45, 7) is 4.77. The maximum Gasteiger partial charge on any atom is 0.0107 e. The first-order valence-electron chi connectivity index (χ1n) is 5.62. The van der Waals surface area contributed by atoms with Crippen LogP contribution in [0.25, 0.3) is 0 Å². The molecule has 1 N–H and O–H groups in total. The van der Waals surface area contributed by atoms with Gasteiger partial charge in [-0.1, -0.05) is 13.3 Å². The fourth-order valence-electron chi connectivity index (χ4n) is 2.24. The van der Waals surface area contributed by atoms with Crippen molar-refractivity contribution in [3.63, 3.8) is 0 Å². The number of hydrogen-bond donors (Lipinski definition) is 1. The van der Waals surface area contributed by atoms with E-state index in [1.807, 2.05) is 0 Å². The molecule has 2 heteroatoms. The Hall–Kier alpha value is -0.0800. The lowest BCUT2D eigenvalue weighted by molar-refractivity contribution is 0.239. The van der Waals surface area contributed by atoms with Crippen LogP contribution in [0.1, 0.15) is 32.6 Å². The Balaban J connectivity index is 2.27. The van der Waals surface area contributed by atoms with E-state index in [0.717, 1.165) is 12.0 Å². The molecule has 2 unspecified atom stereocenters. The summed E-state index contributed by atoms with van der Waals surface area (Å²) in [5.74, 6) is 0.925. The average Bonchev–Trinajstić information content (AvgIpc) is 2.15. The maximum absolute atomic E-state index is 3.65. The largest absolute Gasteiger partial charge is 0.314 e. The second kappa shape index (κ2) is 5.61. The van der Waals surface area contributed by atoms with Crippen LogP contribution in [0.5, 0.6) is 0 Å². The molecule has 13 heavy (non-hydrogen) atoms. The first-order valence-corrected chi connectivity index (χ1v) is 5.62. The molecule has 0 amide bonds. The Morgan fingerprint density at radius 1 is 1.38 bits per heavy atom. The van der Waals surface area contributed by atoms with Gasteiger partial charge in [-0.05, 0) is 52.4 Å². The van der Waals surface area contributed by atoms with Crippen LogP contribution in [0.3, 0.4) is 0 Å². The molecule has 1 aliphatic heterocycles. The lowest BCUT2D eigenvalue weighted by Gasteiger charge is -2.32. The zero-order chi connectivity index (χ0) is 9.68. The van der Waals surface area contributed by atoms with Gasteiger partial charge in [0.2, 0.25) is 0 Å². The zero-order valence-electron chi connectivity index (χ0n) is 9.34. The van der Waals surface area contributed by atoms with Crippen LogP contribution >= 0.6 is 0 Å². The Morgan fingerprint density at radius 3 is 2.77 bits per heavy atom. The third-order valence-corrected chi connectivity index (χ3v) is 3.14. The van der Waals surface area contributed by atoms with E-state index in [-0.39, 0.29) is 0 Å². The fourth-order valence-corrected chi connectivity index (χ4v) is 2.24. The molecule has 0 aromatic heterocycles. The monoisotopic (exact) mass is 184 g/mol. The van der Waals surface area contributed by atoms with Crippen molar-refractivity contribution in [2.45, 2.75) is 38.6 Å². The Morgan fingerprint density at radius 2 is 2.15 bits per heavy atom. The molecule has 0 aromatic carbocycles. The molecule has 0 saturated carbocycles. The van der Waals surface area contributed by atoms with Gasteiger partial charge in [-0.3, -0.25) is 0 Å². The van der Waals surface area contributed by atoms with Gasteiger partial charge >= 0.3 is 0 Å². The van der Waals surface area contributed by atoms with E-state index in [9.17, 15) is 0 Å². The lowest BCUT2D eigenvalue weighted by atomic mass is 9.87. The molecule has 1 aliphatic rings. The van der Waals surface area contributed by atoms with E-state index in [1.54, 1.807) is 0 Å². The summed E-state index contributed by atoms with van der Waals surface area (Å²) in [4.78, 5) is 2.28. The molecule has 1 heterocycles. The molecule has 2 nitrogen and oxygen atoms in total. The topological polar surface area (TPSA) is 15.3 Å². The van der Waals surface area contributed by atoms with Gasteiger partial charge < -0.3 is 10.2 Å². The summed E-state index contributed by atoms with van der Waals surface area (Å²) in [7, 11) is 4.31. The normalized spacial score (nSPS) is 29.5. The summed E-state index contributed by atoms with van der Waals surface area (Å²) in [5, 5.41) is 3.65. The van der Waals surface area contributed by atoms with E-state index < -0.39 is 0 Å². The Labute approximate surface area is 82.7 Å². The van der Waals surface area contributed by atoms with Gasteiger partial charge in [0, 0.05) is 6.04 Å². The van der Waals surface area contributed by atoms with E-state index in [4.69, 9.17) is 0 Å². The van der Waals surface area contributed by atoms with Crippen molar-refractivity contribution in [3.8, 4) is 0 Å². The molecule has 78 valence electrons. The van der Waals surface area contributed by atoms with Crippen LogP contribution in [0.4, 0.5) is 0 Å². The van der Waals surface area contributed by atoms with Crippen molar-refractivity contribution in [2.75, 3.05) is 27.2 Å². The first kappa shape index (κ1) is 11.0. The molecule has 1 fully saturated rings.